The highest BCUT2D eigenvalue weighted by Gasteiger charge is 2.43. The van der Waals surface area contributed by atoms with Gasteiger partial charge in [0.2, 0.25) is 5.91 Å². The van der Waals surface area contributed by atoms with E-state index < -0.39 is 0 Å². The highest BCUT2D eigenvalue weighted by molar-refractivity contribution is 5.80. The molecule has 0 aromatic rings. The van der Waals surface area contributed by atoms with Gasteiger partial charge in [0.15, 0.2) is 0 Å². The number of rotatable bonds is 2. The van der Waals surface area contributed by atoms with Crippen LogP contribution in [0.2, 0.25) is 0 Å². The zero-order valence-corrected chi connectivity index (χ0v) is 13.0. The molecule has 19 heavy (non-hydrogen) atoms. The number of amides is 1. The summed E-state index contributed by atoms with van der Waals surface area (Å²) in [6.07, 6.45) is 5.51. The Hall–Kier alpha value is -0.570. The van der Waals surface area contributed by atoms with Gasteiger partial charge < -0.3 is 10.6 Å². The largest absolute Gasteiger partial charge is 0.339 e. The van der Waals surface area contributed by atoms with Gasteiger partial charge in [-0.2, -0.15) is 0 Å². The Kier molecular flexibility index (Phi) is 3.97. The molecule has 0 aromatic carbocycles. The summed E-state index contributed by atoms with van der Waals surface area (Å²) in [5.74, 6) is 1.40. The lowest BCUT2D eigenvalue weighted by Crippen LogP contribution is -2.69. The fraction of sp³-hybridized carbons (Fsp3) is 0.938. The minimum Gasteiger partial charge on any atom is -0.339 e. The molecule has 0 radical (unpaired) electrons. The Bertz CT molecular complexity index is 331. The van der Waals surface area contributed by atoms with Crippen molar-refractivity contribution in [2.75, 3.05) is 13.1 Å². The zero-order chi connectivity index (χ0) is 14.3. The van der Waals surface area contributed by atoms with Gasteiger partial charge in [-0.05, 0) is 43.4 Å². The number of nitrogens with two attached hydrogens (primary N) is 1. The molecule has 0 aromatic heterocycles. The van der Waals surface area contributed by atoms with Crippen molar-refractivity contribution in [1.82, 2.24) is 4.90 Å². The second-order valence-electron chi connectivity index (χ2n) is 7.82. The maximum absolute atomic E-state index is 12.4. The average molecular weight is 266 g/mol. The molecule has 0 bridgehead atoms. The first kappa shape index (κ1) is 14.8. The predicted molar refractivity (Wildman–Crippen MR) is 78.7 cm³/mol. The van der Waals surface area contributed by atoms with Gasteiger partial charge >= 0.3 is 0 Å². The van der Waals surface area contributed by atoms with Gasteiger partial charge in [0.1, 0.15) is 0 Å². The van der Waals surface area contributed by atoms with Crippen molar-refractivity contribution in [2.45, 2.75) is 65.3 Å². The number of hydrogen-bond acceptors (Lipinski definition) is 2. The molecule has 3 nitrogen and oxygen atoms in total. The quantitative estimate of drug-likeness (QED) is 0.835. The highest BCUT2D eigenvalue weighted by Crippen LogP contribution is 2.40. The van der Waals surface area contributed by atoms with E-state index in [0.29, 0.717) is 11.3 Å². The summed E-state index contributed by atoms with van der Waals surface area (Å²) < 4.78 is 0. The van der Waals surface area contributed by atoms with Gasteiger partial charge in [-0.25, -0.2) is 0 Å². The Morgan fingerprint density at radius 2 is 1.74 bits per heavy atom. The lowest BCUT2D eigenvalue weighted by atomic mass is 9.69. The highest BCUT2D eigenvalue weighted by atomic mass is 16.2. The molecule has 1 amide bonds. The molecular formula is C16H30N2O. The van der Waals surface area contributed by atoms with Crippen LogP contribution < -0.4 is 5.73 Å². The number of nitrogens with zero attached hydrogens (tertiary/aromatic N) is 1. The standard InChI is InChI=1S/C16H30N2O/c1-5-16(17)10-18(11-16)14(19)12-6-8-13(9-7-12)15(2,3)4/h12-13H,5-11,17H2,1-4H3. The monoisotopic (exact) mass is 266 g/mol. The van der Waals surface area contributed by atoms with Crippen molar-refractivity contribution in [3.63, 3.8) is 0 Å². The third-order valence-corrected chi connectivity index (χ3v) is 5.33. The summed E-state index contributed by atoms with van der Waals surface area (Å²) in [5, 5.41) is 0. The second-order valence-corrected chi connectivity index (χ2v) is 7.82. The van der Waals surface area contributed by atoms with E-state index >= 15 is 0 Å². The number of likely N-dealkylation sites (tertiary alicyclic amines) is 1. The van der Waals surface area contributed by atoms with Crippen molar-refractivity contribution >= 4 is 5.91 Å². The van der Waals surface area contributed by atoms with Crippen molar-refractivity contribution < 1.29 is 4.79 Å². The molecule has 2 rings (SSSR count). The number of hydrogen-bond donors (Lipinski definition) is 1. The molecule has 1 aliphatic heterocycles. The first-order valence-electron chi connectivity index (χ1n) is 7.83. The van der Waals surface area contributed by atoms with Crippen LogP contribution in [0.15, 0.2) is 0 Å². The smallest absolute Gasteiger partial charge is 0.225 e. The minimum atomic E-state index is -0.0989. The summed E-state index contributed by atoms with van der Waals surface area (Å²) in [6.45, 7) is 10.6. The maximum atomic E-state index is 12.4. The molecule has 1 heterocycles. The Balaban J connectivity index is 1.81. The topological polar surface area (TPSA) is 46.3 Å². The molecule has 110 valence electrons. The van der Waals surface area contributed by atoms with Gasteiger partial charge in [-0.1, -0.05) is 27.7 Å². The maximum Gasteiger partial charge on any atom is 0.225 e. The second kappa shape index (κ2) is 5.08. The van der Waals surface area contributed by atoms with Crippen LogP contribution in [0.1, 0.15) is 59.8 Å². The lowest BCUT2D eigenvalue weighted by Gasteiger charge is -2.49. The SMILES string of the molecule is CCC1(N)CN(C(=O)C2CCC(C(C)(C)C)CC2)C1. The average Bonchev–Trinajstić information content (AvgIpc) is 2.33. The molecular weight excluding hydrogens is 236 g/mol. The van der Waals surface area contributed by atoms with Crippen LogP contribution in [0.25, 0.3) is 0 Å². The zero-order valence-electron chi connectivity index (χ0n) is 13.0. The normalized spacial score (nSPS) is 30.9. The van der Waals surface area contributed by atoms with Gasteiger partial charge in [-0.15, -0.1) is 0 Å². The summed E-state index contributed by atoms with van der Waals surface area (Å²) in [6, 6.07) is 0. The summed E-state index contributed by atoms with van der Waals surface area (Å²) in [4.78, 5) is 14.4. The van der Waals surface area contributed by atoms with Gasteiger partial charge in [0, 0.05) is 19.0 Å². The van der Waals surface area contributed by atoms with Crippen molar-refractivity contribution in [2.24, 2.45) is 23.0 Å². The predicted octanol–water partition coefficient (Wildman–Crippen LogP) is 2.79. The third-order valence-electron chi connectivity index (χ3n) is 5.33. The van der Waals surface area contributed by atoms with E-state index in [1.54, 1.807) is 0 Å². The van der Waals surface area contributed by atoms with E-state index in [2.05, 4.69) is 27.7 Å². The first-order chi connectivity index (χ1) is 8.75. The molecule has 2 N–H and O–H groups in total. The Morgan fingerprint density at radius 3 is 2.16 bits per heavy atom. The van der Waals surface area contributed by atoms with E-state index in [4.69, 9.17) is 5.73 Å². The van der Waals surface area contributed by atoms with E-state index in [1.807, 2.05) is 4.90 Å². The van der Waals surface area contributed by atoms with E-state index in [9.17, 15) is 4.79 Å². The summed E-state index contributed by atoms with van der Waals surface area (Å²) in [5.41, 5.74) is 6.43. The lowest BCUT2D eigenvalue weighted by molar-refractivity contribution is -0.145. The van der Waals surface area contributed by atoms with Crippen LogP contribution in [-0.4, -0.2) is 29.4 Å². The van der Waals surface area contributed by atoms with Gasteiger partial charge in [0.25, 0.3) is 0 Å². The minimum absolute atomic E-state index is 0.0989. The van der Waals surface area contributed by atoms with E-state index in [1.165, 1.54) is 12.8 Å². The van der Waals surface area contributed by atoms with E-state index in [0.717, 1.165) is 38.3 Å². The van der Waals surface area contributed by atoms with Crippen LogP contribution >= 0.6 is 0 Å². The number of carbonyl (C=O) groups excluding carboxylic acids is 1. The molecule has 0 spiro atoms. The molecule has 3 heteroatoms. The van der Waals surface area contributed by atoms with Crippen molar-refractivity contribution in [3.8, 4) is 0 Å². The molecule has 1 aliphatic carbocycles. The fourth-order valence-electron chi connectivity index (χ4n) is 3.56. The Morgan fingerprint density at radius 1 is 1.21 bits per heavy atom. The van der Waals surface area contributed by atoms with Crippen LogP contribution in [0, 0.1) is 17.3 Å². The molecule has 1 saturated carbocycles. The fourth-order valence-corrected chi connectivity index (χ4v) is 3.56. The van der Waals surface area contributed by atoms with Crippen molar-refractivity contribution in [1.29, 1.82) is 0 Å². The van der Waals surface area contributed by atoms with Crippen LogP contribution in [0.5, 0.6) is 0 Å². The Labute approximate surface area is 117 Å². The summed E-state index contributed by atoms with van der Waals surface area (Å²) in [7, 11) is 0. The molecule has 0 unspecified atom stereocenters. The third kappa shape index (κ3) is 3.13. The first-order valence-corrected chi connectivity index (χ1v) is 7.83. The molecule has 2 fully saturated rings. The van der Waals surface area contributed by atoms with E-state index in [-0.39, 0.29) is 11.5 Å². The van der Waals surface area contributed by atoms with Crippen LogP contribution in [-0.2, 0) is 4.79 Å². The van der Waals surface area contributed by atoms with Gasteiger partial charge in [0.05, 0.1) is 5.54 Å². The van der Waals surface area contributed by atoms with Crippen molar-refractivity contribution in [3.05, 3.63) is 0 Å². The van der Waals surface area contributed by atoms with Crippen LogP contribution in [0.3, 0.4) is 0 Å². The van der Waals surface area contributed by atoms with Crippen LogP contribution in [0.4, 0.5) is 0 Å². The molecule has 0 atom stereocenters. The number of carbonyl (C=O) groups is 1. The summed E-state index contributed by atoms with van der Waals surface area (Å²) >= 11 is 0. The molecule has 1 saturated heterocycles. The van der Waals surface area contributed by atoms with Gasteiger partial charge in [-0.3, -0.25) is 4.79 Å². The molecule has 2 aliphatic rings.